The summed E-state index contributed by atoms with van der Waals surface area (Å²) in [6.07, 6.45) is 1.35. The first-order chi connectivity index (χ1) is 14.8. The van der Waals surface area contributed by atoms with Crippen LogP contribution in [0.25, 0.3) is 10.9 Å². The molecule has 1 amide bonds. The van der Waals surface area contributed by atoms with Crippen LogP contribution in [0, 0.1) is 0 Å². The molecule has 0 saturated carbocycles. The van der Waals surface area contributed by atoms with Gasteiger partial charge in [0.15, 0.2) is 0 Å². The van der Waals surface area contributed by atoms with Crippen LogP contribution in [0.15, 0.2) is 47.4 Å². The number of hydrogen-bond donors (Lipinski definition) is 5. The molecular weight excluding hydrogens is 410 g/mol. The molecule has 2 aromatic carbocycles. The molecule has 0 saturated heterocycles. The van der Waals surface area contributed by atoms with Gasteiger partial charge in [0, 0.05) is 28.7 Å². The average Bonchev–Trinajstić information content (AvgIpc) is 2.71. The second-order valence-electron chi connectivity index (χ2n) is 9.25. The number of pyridine rings is 1. The predicted octanol–water partition coefficient (Wildman–Crippen LogP) is 3.65. The number of aliphatic carboxylic acids is 1. The Balaban J connectivity index is 1.96. The number of fused-ring (bicyclic) bond motifs is 1. The van der Waals surface area contributed by atoms with Gasteiger partial charge in [-0.05, 0) is 43.0 Å². The van der Waals surface area contributed by atoms with Crippen LogP contribution in [0.2, 0.25) is 0 Å². The monoisotopic (exact) mass is 437 g/mol. The van der Waals surface area contributed by atoms with Crippen molar-refractivity contribution in [2.75, 3.05) is 5.43 Å². The molecule has 5 N–H and O–H groups in total. The number of carboxylic acids is 1. The van der Waals surface area contributed by atoms with Crippen LogP contribution < -0.4 is 16.3 Å². The summed E-state index contributed by atoms with van der Waals surface area (Å²) in [5, 5.41) is 20.5. The van der Waals surface area contributed by atoms with E-state index >= 15 is 0 Å². The molecule has 0 aliphatic heterocycles. The van der Waals surface area contributed by atoms with Gasteiger partial charge in [-0.1, -0.05) is 32.9 Å². The molecule has 0 radical (unpaired) electrons. The Morgan fingerprint density at radius 2 is 1.66 bits per heavy atom. The van der Waals surface area contributed by atoms with E-state index < -0.39 is 28.1 Å². The Labute approximate surface area is 185 Å². The SMILES string of the molecule is CC(C)(C)c1cc(C(C)(C)C(=O)O)c(O)cc1NNC(=O)c1c[nH]c2ccccc2c1=O. The summed E-state index contributed by atoms with van der Waals surface area (Å²) in [4.78, 5) is 40.0. The van der Waals surface area contributed by atoms with Crippen molar-refractivity contribution in [1.29, 1.82) is 0 Å². The smallest absolute Gasteiger partial charge is 0.313 e. The Morgan fingerprint density at radius 3 is 2.28 bits per heavy atom. The van der Waals surface area contributed by atoms with Crippen LogP contribution in [0.3, 0.4) is 0 Å². The minimum atomic E-state index is -1.32. The molecule has 3 aromatic rings. The minimum absolute atomic E-state index is 0.0682. The van der Waals surface area contributed by atoms with Gasteiger partial charge in [-0.25, -0.2) is 0 Å². The Morgan fingerprint density at radius 1 is 1.00 bits per heavy atom. The first-order valence-corrected chi connectivity index (χ1v) is 10.1. The molecule has 168 valence electrons. The number of aromatic nitrogens is 1. The average molecular weight is 437 g/mol. The maximum atomic E-state index is 12.7. The van der Waals surface area contributed by atoms with Crippen LogP contribution in [0.4, 0.5) is 5.69 Å². The molecule has 0 spiro atoms. The number of phenols is 1. The van der Waals surface area contributed by atoms with Gasteiger partial charge in [-0.2, -0.15) is 0 Å². The van der Waals surface area contributed by atoms with Gasteiger partial charge in [0.25, 0.3) is 5.91 Å². The van der Waals surface area contributed by atoms with Gasteiger partial charge in [-0.3, -0.25) is 25.2 Å². The molecule has 0 fully saturated rings. The summed E-state index contributed by atoms with van der Waals surface area (Å²) in [5.74, 6) is -1.94. The number of phenolic OH excluding ortho intramolecular Hbond substituents is 1. The Hall–Kier alpha value is -3.81. The quantitative estimate of drug-likeness (QED) is 0.387. The van der Waals surface area contributed by atoms with Gasteiger partial charge in [-0.15, -0.1) is 0 Å². The summed E-state index contributed by atoms with van der Waals surface area (Å²) in [6.45, 7) is 8.81. The first kappa shape index (κ1) is 22.9. The number of hydrazine groups is 1. The van der Waals surface area contributed by atoms with Crippen molar-refractivity contribution in [3.63, 3.8) is 0 Å². The van der Waals surface area contributed by atoms with Crippen LogP contribution >= 0.6 is 0 Å². The lowest BCUT2D eigenvalue weighted by Gasteiger charge is -2.28. The highest BCUT2D eigenvalue weighted by atomic mass is 16.4. The van der Waals surface area contributed by atoms with E-state index in [0.29, 0.717) is 22.2 Å². The third kappa shape index (κ3) is 4.16. The van der Waals surface area contributed by atoms with Gasteiger partial charge >= 0.3 is 5.97 Å². The number of aromatic amines is 1. The number of H-pyrrole nitrogens is 1. The van der Waals surface area contributed by atoms with Crippen molar-refractivity contribution >= 4 is 28.5 Å². The number of carboxylic acid groups (broad SMARTS) is 1. The molecule has 8 heteroatoms. The van der Waals surface area contributed by atoms with E-state index in [4.69, 9.17) is 0 Å². The lowest BCUT2D eigenvalue weighted by Crippen LogP contribution is -2.34. The van der Waals surface area contributed by atoms with Crippen LogP contribution in [-0.4, -0.2) is 27.1 Å². The molecule has 1 heterocycles. The van der Waals surface area contributed by atoms with E-state index in [2.05, 4.69) is 15.8 Å². The van der Waals surface area contributed by atoms with Crippen molar-refractivity contribution in [1.82, 2.24) is 10.4 Å². The molecule has 1 aromatic heterocycles. The van der Waals surface area contributed by atoms with Gasteiger partial charge < -0.3 is 15.2 Å². The van der Waals surface area contributed by atoms with Crippen molar-refractivity contribution < 1.29 is 19.8 Å². The Kier molecular flexibility index (Phi) is 5.74. The number of nitrogens with one attached hydrogen (secondary N) is 3. The zero-order valence-electron chi connectivity index (χ0n) is 18.7. The number of carbonyl (C=O) groups excluding carboxylic acids is 1. The molecule has 0 aliphatic carbocycles. The summed E-state index contributed by atoms with van der Waals surface area (Å²) >= 11 is 0. The zero-order chi connectivity index (χ0) is 23.8. The second-order valence-corrected chi connectivity index (χ2v) is 9.25. The largest absolute Gasteiger partial charge is 0.508 e. The van der Waals surface area contributed by atoms with E-state index in [-0.39, 0.29) is 16.9 Å². The van der Waals surface area contributed by atoms with E-state index in [1.54, 1.807) is 30.3 Å². The molecule has 0 atom stereocenters. The number of aromatic hydroxyl groups is 1. The standard InChI is InChI=1S/C24H27N3O5/c1-23(2,3)15-10-16(24(4,5)22(31)32)19(28)11-18(15)26-27-21(30)14-12-25-17-9-7-6-8-13(17)20(14)29/h6-12,26,28H,1-5H3,(H,25,29)(H,27,30)(H,31,32). The lowest BCUT2D eigenvalue weighted by atomic mass is 9.78. The van der Waals surface area contributed by atoms with E-state index in [1.807, 2.05) is 20.8 Å². The van der Waals surface area contributed by atoms with Gasteiger partial charge in [0.2, 0.25) is 5.43 Å². The number of rotatable bonds is 5. The number of anilines is 1. The number of hydrogen-bond acceptors (Lipinski definition) is 5. The molecule has 0 aliphatic rings. The maximum Gasteiger partial charge on any atom is 0.313 e. The minimum Gasteiger partial charge on any atom is -0.508 e. The topological polar surface area (TPSA) is 132 Å². The van der Waals surface area contributed by atoms with E-state index in [0.717, 1.165) is 0 Å². The van der Waals surface area contributed by atoms with Gasteiger partial charge in [0.05, 0.1) is 11.1 Å². The molecular formula is C24H27N3O5. The van der Waals surface area contributed by atoms with E-state index in [1.165, 1.54) is 26.1 Å². The molecule has 8 nitrogen and oxygen atoms in total. The molecule has 0 bridgehead atoms. The molecule has 3 rings (SSSR count). The maximum absolute atomic E-state index is 12.7. The summed E-state index contributed by atoms with van der Waals surface area (Å²) in [6, 6.07) is 9.89. The van der Waals surface area contributed by atoms with Crippen LogP contribution in [0.1, 0.15) is 56.1 Å². The fraction of sp³-hybridized carbons (Fsp3) is 0.292. The van der Waals surface area contributed by atoms with E-state index in [9.17, 15) is 24.6 Å². The third-order valence-corrected chi connectivity index (χ3v) is 5.50. The lowest BCUT2D eigenvalue weighted by molar-refractivity contribution is -0.142. The summed E-state index contributed by atoms with van der Waals surface area (Å²) < 4.78 is 0. The number of carbonyl (C=O) groups is 2. The highest BCUT2D eigenvalue weighted by Gasteiger charge is 2.34. The highest BCUT2D eigenvalue weighted by Crippen LogP contribution is 2.39. The highest BCUT2D eigenvalue weighted by molar-refractivity contribution is 5.97. The number of benzene rings is 2. The first-order valence-electron chi connectivity index (χ1n) is 10.1. The summed E-state index contributed by atoms with van der Waals surface area (Å²) in [5.41, 5.74) is 5.02. The predicted molar refractivity (Wildman–Crippen MR) is 123 cm³/mol. The van der Waals surface area contributed by atoms with Crippen molar-refractivity contribution in [2.24, 2.45) is 0 Å². The van der Waals surface area contributed by atoms with Crippen molar-refractivity contribution in [3.05, 3.63) is 69.5 Å². The third-order valence-electron chi connectivity index (χ3n) is 5.50. The van der Waals surface area contributed by atoms with Crippen molar-refractivity contribution in [3.8, 4) is 5.75 Å². The van der Waals surface area contributed by atoms with Crippen LogP contribution in [-0.2, 0) is 15.6 Å². The van der Waals surface area contributed by atoms with Crippen LogP contribution in [0.5, 0.6) is 5.75 Å². The molecule has 0 unspecified atom stereocenters. The Bertz CT molecular complexity index is 1270. The normalized spacial score (nSPS) is 11.9. The van der Waals surface area contributed by atoms with Gasteiger partial charge in [0.1, 0.15) is 11.3 Å². The second kappa shape index (κ2) is 8.03. The van der Waals surface area contributed by atoms with Crippen molar-refractivity contribution in [2.45, 2.75) is 45.4 Å². The fourth-order valence-corrected chi connectivity index (χ4v) is 3.46. The molecule has 32 heavy (non-hydrogen) atoms. The fourth-order valence-electron chi connectivity index (χ4n) is 3.46. The zero-order valence-corrected chi connectivity index (χ0v) is 18.7. The summed E-state index contributed by atoms with van der Waals surface area (Å²) in [7, 11) is 0. The number of amides is 1. The number of para-hydroxylation sites is 1.